The zero-order chi connectivity index (χ0) is 13.6. The van der Waals surface area contributed by atoms with Crippen LogP contribution in [0.2, 0.25) is 0 Å². The second kappa shape index (κ2) is 6.43. The summed E-state index contributed by atoms with van der Waals surface area (Å²) >= 11 is 0. The highest BCUT2D eigenvalue weighted by atomic mass is 16.5. The number of nitrogens with zero attached hydrogens (tertiary/aromatic N) is 1. The lowest BCUT2D eigenvalue weighted by molar-refractivity contribution is 0.268. The molecule has 0 heterocycles. The average Bonchev–Trinajstić information content (AvgIpc) is 2.33. The van der Waals surface area contributed by atoms with Gasteiger partial charge in [0.15, 0.2) is 0 Å². The molecule has 3 heteroatoms. The summed E-state index contributed by atoms with van der Waals surface area (Å²) in [5.41, 5.74) is 1.75. The topological polar surface area (TPSA) is 41.8 Å². The van der Waals surface area contributed by atoms with Crippen LogP contribution in [-0.2, 0) is 0 Å². The Hall–Kier alpha value is -1.51. The molecule has 0 saturated carbocycles. The van der Waals surface area contributed by atoms with Crippen molar-refractivity contribution >= 4 is 5.71 Å². The maximum atomic E-state index is 8.82. The Bertz CT molecular complexity index is 405. The number of rotatable bonds is 5. The van der Waals surface area contributed by atoms with Gasteiger partial charge in [0.05, 0.1) is 12.3 Å². The van der Waals surface area contributed by atoms with Gasteiger partial charge < -0.3 is 9.94 Å². The Morgan fingerprint density at radius 2 is 1.94 bits per heavy atom. The van der Waals surface area contributed by atoms with Crippen molar-refractivity contribution in [3.8, 4) is 5.75 Å². The van der Waals surface area contributed by atoms with Crippen LogP contribution in [0, 0.1) is 5.41 Å². The smallest absolute Gasteiger partial charge is 0.128 e. The lowest BCUT2D eigenvalue weighted by atomic mass is 9.91. The highest BCUT2D eigenvalue weighted by Gasteiger charge is 2.10. The maximum absolute atomic E-state index is 8.82. The fourth-order valence-electron chi connectivity index (χ4n) is 1.73. The van der Waals surface area contributed by atoms with Gasteiger partial charge in [-0.2, -0.15) is 0 Å². The van der Waals surface area contributed by atoms with Crippen molar-refractivity contribution in [3.63, 3.8) is 0 Å². The van der Waals surface area contributed by atoms with Gasteiger partial charge in [0.25, 0.3) is 0 Å². The molecule has 0 aliphatic heterocycles. The van der Waals surface area contributed by atoms with Gasteiger partial charge in [-0.25, -0.2) is 0 Å². The zero-order valence-electron chi connectivity index (χ0n) is 11.7. The third-order valence-electron chi connectivity index (χ3n) is 2.76. The monoisotopic (exact) mass is 249 g/mol. The van der Waals surface area contributed by atoms with Gasteiger partial charge in [-0.3, -0.25) is 0 Å². The van der Waals surface area contributed by atoms with E-state index in [9.17, 15) is 0 Å². The summed E-state index contributed by atoms with van der Waals surface area (Å²) in [4.78, 5) is 0. The first-order chi connectivity index (χ1) is 8.44. The first kappa shape index (κ1) is 14.6. The van der Waals surface area contributed by atoms with Gasteiger partial charge in [-0.15, -0.1) is 0 Å². The van der Waals surface area contributed by atoms with Crippen molar-refractivity contribution in [3.05, 3.63) is 29.8 Å². The number of ether oxygens (including phenoxy) is 1. The van der Waals surface area contributed by atoms with E-state index in [1.54, 1.807) is 6.92 Å². The normalized spacial score (nSPS) is 12.6. The molecule has 3 nitrogen and oxygen atoms in total. The van der Waals surface area contributed by atoms with Crippen molar-refractivity contribution in [2.45, 2.75) is 40.5 Å². The zero-order valence-corrected chi connectivity index (χ0v) is 11.7. The van der Waals surface area contributed by atoms with Crippen LogP contribution in [0.3, 0.4) is 0 Å². The minimum absolute atomic E-state index is 0.339. The lowest BCUT2D eigenvalue weighted by Gasteiger charge is -2.18. The molecule has 0 bridgehead atoms. The summed E-state index contributed by atoms with van der Waals surface area (Å²) in [6.45, 7) is 9.13. The molecular formula is C15H23NO2. The molecule has 0 atom stereocenters. The van der Waals surface area contributed by atoms with Crippen LogP contribution in [0.4, 0.5) is 0 Å². The van der Waals surface area contributed by atoms with Crippen LogP contribution in [0.15, 0.2) is 29.4 Å². The lowest BCUT2D eigenvalue weighted by Crippen LogP contribution is -2.09. The van der Waals surface area contributed by atoms with Crippen molar-refractivity contribution in [1.82, 2.24) is 0 Å². The molecule has 1 N–H and O–H groups in total. The van der Waals surface area contributed by atoms with Crippen LogP contribution < -0.4 is 4.74 Å². The van der Waals surface area contributed by atoms with Crippen LogP contribution in [0.1, 0.15) is 46.1 Å². The summed E-state index contributed by atoms with van der Waals surface area (Å²) < 4.78 is 5.76. The summed E-state index contributed by atoms with van der Waals surface area (Å²) in [6.07, 6.45) is 2.15. The van der Waals surface area contributed by atoms with Crippen molar-refractivity contribution in [2.75, 3.05) is 6.61 Å². The Morgan fingerprint density at radius 1 is 1.28 bits per heavy atom. The van der Waals surface area contributed by atoms with Gasteiger partial charge in [-0.05, 0) is 37.3 Å². The van der Waals surface area contributed by atoms with E-state index in [0.29, 0.717) is 17.7 Å². The number of hydrogen-bond donors (Lipinski definition) is 1. The molecule has 1 rings (SSSR count). The minimum Gasteiger partial charge on any atom is -0.493 e. The van der Waals surface area contributed by atoms with Crippen LogP contribution in [0.5, 0.6) is 5.75 Å². The van der Waals surface area contributed by atoms with E-state index in [0.717, 1.165) is 24.2 Å². The molecule has 0 aromatic heterocycles. The number of oxime groups is 1. The Morgan fingerprint density at radius 3 is 2.56 bits per heavy atom. The van der Waals surface area contributed by atoms with Gasteiger partial charge in [0, 0.05) is 5.56 Å². The highest BCUT2D eigenvalue weighted by Crippen LogP contribution is 2.22. The van der Waals surface area contributed by atoms with E-state index in [-0.39, 0.29) is 0 Å². The molecule has 0 unspecified atom stereocenters. The quantitative estimate of drug-likeness (QED) is 0.369. The van der Waals surface area contributed by atoms with E-state index in [4.69, 9.17) is 9.94 Å². The van der Waals surface area contributed by atoms with E-state index in [1.807, 2.05) is 24.3 Å². The molecule has 1 aromatic rings. The molecular weight excluding hydrogens is 226 g/mol. The van der Waals surface area contributed by atoms with Crippen LogP contribution in [-0.4, -0.2) is 17.5 Å². The van der Waals surface area contributed by atoms with Gasteiger partial charge >= 0.3 is 0 Å². The third kappa shape index (κ3) is 4.78. The molecule has 18 heavy (non-hydrogen) atoms. The SMILES string of the molecule is C/C(=N/O)c1ccccc1OCCCC(C)(C)C. The molecule has 1 aromatic carbocycles. The molecule has 0 aliphatic rings. The molecule has 0 radical (unpaired) electrons. The summed E-state index contributed by atoms with van der Waals surface area (Å²) in [5, 5.41) is 12.0. The van der Waals surface area contributed by atoms with Crippen molar-refractivity contribution in [2.24, 2.45) is 10.6 Å². The Balaban J connectivity index is 2.57. The van der Waals surface area contributed by atoms with E-state index >= 15 is 0 Å². The first-order valence-electron chi connectivity index (χ1n) is 6.35. The van der Waals surface area contributed by atoms with Gasteiger partial charge in [0.1, 0.15) is 5.75 Å². The number of benzene rings is 1. The minimum atomic E-state index is 0.339. The van der Waals surface area contributed by atoms with Gasteiger partial charge in [0.2, 0.25) is 0 Å². The molecule has 0 spiro atoms. The van der Waals surface area contributed by atoms with Gasteiger partial charge in [-0.1, -0.05) is 38.1 Å². The number of para-hydroxylation sites is 1. The Kier molecular flexibility index (Phi) is 5.20. The molecule has 0 aliphatic carbocycles. The Labute approximate surface area is 109 Å². The second-order valence-corrected chi connectivity index (χ2v) is 5.69. The largest absolute Gasteiger partial charge is 0.493 e. The van der Waals surface area contributed by atoms with Crippen molar-refractivity contribution in [1.29, 1.82) is 0 Å². The average molecular weight is 249 g/mol. The number of hydrogen-bond acceptors (Lipinski definition) is 3. The molecule has 0 amide bonds. The summed E-state index contributed by atoms with van der Waals surface area (Å²) in [7, 11) is 0. The molecule has 0 saturated heterocycles. The molecule has 100 valence electrons. The van der Waals surface area contributed by atoms with E-state index in [1.165, 1.54) is 0 Å². The third-order valence-corrected chi connectivity index (χ3v) is 2.76. The highest BCUT2D eigenvalue weighted by molar-refractivity contribution is 6.00. The fourth-order valence-corrected chi connectivity index (χ4v) is 1.73. The second-order valence-electron chi connectivity index (χ2n) is 5.69. The summed E-state index contributed by atoms with van der Waals surface area (Å²) in [6, 6.07) is 7.63. The predicted octanol–water partition coefficient (Wildman–Crippen LogP) is 4.09. The van der Waals surface area contributed by atoms with Crippen LogP contribution in [0.25, 0.3) is 0 Å². The van der Waals surface area contributed by atoms with Crippen LogP contribution >= 0.6 is 0 Å². The van der Waals surface area contributed by atoms with E-state index in [2.05, 4.69) is 25.9 Å². The molecule has 0 fully saturated rings. The standard InChI is InChI=1S/C15H23NO2/c1-12(16-17)13-8-5-6-9-14(13)18-11-7-10-15(2,3)4/h5-6,8-9,17H,7,10-11H2,1-4H3/b16-12-. The summed E-state index contributed by atoms with van der Waals surface area (Å²) in [5.74, 6) is 0.779. The van der Waals surface area contributed by atoms with Crippen molar-refractivity contribution < 1.29 is 9.94 Å². The maximum Gasteiger partial charge on any atom is 0.128 e. The predicted molar refractivity (Wildman–Crippen MR) is 74.6 cm³/mol. The first-order valence-corrected chi connectivity index (χ1v) is 6.35. The fraction of sp³-hybridized carbons (Fsp3) is 0.533. The van der Waals surface area contributed by atoms with E-state index < -0.39 is 0 Å².